The second-order valence-corrected chi connectivity index (χ2v) is 8.16. The molecule has 0 radical (unpaired) electrons. The van der Waals surface area contributed by atoms with Crippen LogP contribution >= 0.6 is 22.9 Å². The molecule has 2 aromatic heterocycles. The van der Waals surface area contributed by atoms with Gasteiger partial charge in [-0.15, -0.1) is 11.3 Å². The molecule has 0 amide bonds. The summed E-state index contributed by atoms with van der Waals surface area (Å²) in [5, 5.41) is 3.06. The predicted octanol–water partition coefficient (Wildman–Crippen LogP) is 3.43. The van der Waals surface area contributed by atoms with E-state index in [1.54, 1.807) is 23.6 Å². The number of nitrogens with zero attached hydrogens (tertiary/aromatic N) is 2. The van der Waals surface area contributed by atoms with Gasteiger partial charge in [0.1, 0.15) is 5.15 Å². The Hall–Kier alpha value is -0.980. The molecule has 0 unspecified atom stereocenters. The molecule has 0 atom stereocenters. The van der Waals surface area contributed by atoms with Crippen molar-refractivity contribution in [3.63, 3.8) is 0 Å². The summed E-state index contributed by atoms with van der Waals surface area (Å²) in [7, 11) is -3.29. The van der Waals surface area contributed by atoms with Gasteiger partial charge in [0.15, 0.2) is 9.84 Å². The minimum Gasteiger partial charge on any atom is -0.245 e. The number of hydrogen-bond donors (Lipinski definition) is 0. The highest BCUT2D eigenvalue weighted by Crippen LogP contribution is 2.21. The molecule has 0 aliphatic rings. The number of pyridine rings is 1. The normalized spacial score (nSPS) is 12.0. The lowest BCUT2D eigenvalue weighted by Gasteiger charge is -2.03. The van der Waals surface area contributed by atoms with Crippen molar-refractivity contribution in [2.45, 2.75) is 31.3 Å². The molecular weight excluding hydrogens is 316 g/mol. The number of rotatable bonds is 5. The van der Waals surface area contributed by atoms with E-state index in [1.807, 2.05) is 13.8 Å². The van der Waals surface area contributed by atoms with E-state index in [9.17, 15) is 8.42 Å². The Balaban J connectivity index is 2.10. The summed E-state index contributed by atoms with van der Waals surface area (Å²) in [6.07, 6.45) is 0. The van der Waals surface area contributed by atoms with Crippen molar-refractivity contribution in [2.24, 2.45) is 0 Å². The van der Waals surface area contributed by atoms with Gasteiger partial charge in [-0.25, -0.2) is 18.4 Å². The Morgan fingerprint density at radius 1 is 1.20 bits per heavy atom. The van der Waals surface area contributed by atoms with Gasteiger partial charge >= 0.3 is 0 Å². The highest BCUT2D eigenvalue weighted by Gasteiger charge is 2.17. The van der Waals surface area contributed by atoms with Crippen LogP contribution in [-0.4, -0.2) is 18.4 Å². The predicted molar refractivity (Wildman–Crippen MR) is 81.8 cm³/mol. The van der Waals surface area contributed by atoms with Gasteiger partial charge in [0, 0.05) is 11.3 Å². The molecule has 2 aromatic rings. The molecule has 2 rings (SSSR count). The van der Waals surface area contributed by atoms with Crippen LogP contribution in [0.25, 0.3) is 0 Å². The third-order valence-electron chi connectivity index (χ3n) is 2.57. The third kappa shape index (κ3) is 4.26. The zero-order chi connectivity index (χ0) is 14.8. The second kappa shape index (κ2) is 6.20. The maximum absolute atomic E-state index is 12.1. The molecule has 4 nitrogen and oxygen atoms in total. The fraction of sp³-hybridized carbons (Fsp3) is 0.385. The Labute approximate surface area is 127 Å². The van der Waals surface area contributed by atoms with Gasteiger partial charge in [-0.05, 0) is 12.1 Å². The fourth-order valence-corrected chi connectivity index (χ4v) is 4.12. The van der Waals surface area contributed by atoms with Gasteiger partial charge in [0.2, 0.25) is 0 Å². The van der Waals surface area contributed by atoms with Crippen LogP contribution in [0.4, 0.5) is 0 Å². The summed E-state index contributed by atoms with van der Waals surface area (Å²) in [4.78, 5) is 8.35. The van der Waals surface area contributed by atoms with E-state index in [-0.39, 0.29) is 11.5 Å². The van der Waals surface area contributed by atoms with Crippen LogP contribution in [0.2, 0.25) is 5.15 Å². The van der Waals surface area contributed by atoms with Gasteiger partial charge in [-0.3, -0.25) is 0 Å². The Morgan fingerprint density at radius 2 is 1.90 bits per heavy atom. The van der Waals surface area contributed by atoms with Gasteiger partial charge in [0.05, 0.1) is 27.9 Å². The van der Waals surface area contributed by atoms with Crippen LogP contribution in [0.3, 0.4) is 0 Å². The number of thiazole rings is 1. The van der Waals surface area contributed by atoms with Crippen LogP contribution in [0, 0.1) is 0 Å². The molecule has 0 fully saturated rings. The number of hydrogen-bond acceptors (Lipinski definition) is 5. The lowest BCUT2D eigenvalue weighted by molar-refractivity contribution is 0.593. The van der Waals surface area contributed by atoms with Crippen LogP contribution in [-0.2, 0) is 21.3 Å². The molecule has 108 valence electrons. The largest absolute Gasteiger partial charge is 0.245 e. The van der Waals surface area contributed by atoms with Gasteiger partial charge < -0.3 is 0 Å². The molecule has 0 N–H and O–H groups in total. The first kappa shape index (κ1) is 15.4. The smallest absolute Gasteiger partial charge is 0.161 e. The van der Waals surface area contributed by atoms with Crippen molar-refractivity contribution < 1.29 is 8.42 Å². The van der Waals surface area contributed by atoms with Crippen LogP contribution < -0.4 is 0 Å². The average molecular weight is 331 g/mol. The summed E-state index contributed by atoms with van der Waals surface area (Å²) < 4.78 is 24.3. The minimum absolute atomic E-state index is 0.0651. The van der Waals surface area contributed by atoms with Crippen molar-refractivity contribution in [2.75, 3.05) is 0 Å². The van der Waals surface area contributed by atoms with E-state index >= 15 is 0 Å². The van der Waals surface area contributed by atoms with E-state index in [0.717, 1.165) is 5.01 Å². The summed E-state index contributed by atoms with van der Waals surface area (Å²) in [6.45, 7) is 4.07. The van der Waals surface area contributed by atoms with E-state index in [1.165, 1.54) is 11.3 Å². The molecule has 2 heterocycles. The van der Waals surface area contributed by atoms with E-state index in [0.29, 0.717) is 22.5 Å². The highest BCUT2D eigenvalue weighted by molar-refractivity contribution is 7.89. The Morgan fingerprint density at radius 3 is 2.50 bits per heavy atom. The lowest BCUT2D eigenvalue weighted by atomic mass is 10.2. The first-order valence-corrected chi connectivity index (χ1v) is 9.20. The lowest BCUT2D eigenvalue weighted by Crippen LogP contribution is -2.09. The van der Waals surface area contributed by atoms with Crippen molar-refractivity contribution in [3.8, 4) is 0 Å². The van der Waals surface area contributed by atoms with Crippen LogP contribution in [0.1, 0.15) is 36.2 Å². The molecule has 0 aliphatic heterocycles. The third-order valence-corrected chi connectivity index (χ3v) is 5.45. The first-order valence-electron chi connectivity index (χ1n) is 6.12. The first-order chi connectivity index (χ1) is 9.35. The molecule has 0 spiro atoms. The van der Waals surface area contributed by atoms with Gasteiger partial charge in [0.25, 0.3) is 0 Å². The van der Waals surface area contributed by atoms with Crippen molar-refractivity contribution >= 4 is 32.8 Å². The molecule has 7 heteroatoms. The monoisotopic (exact) mass is 330 g/mol. The van der Waals surface area contributed by atoms with Crippen LogP contribution in [0.15, 0.2) is 23.6 Å². The molecule has 20 heavy (non-hydrogen) atoms. The Bertz CT molecular complexity index is 696. The molecule has 0 aliphatic carbocycles. The zero-order valence-corrected chi connectivity index (χ0v) is 13.6. The van der Waals surface area contributed by atoms with E-state index in [2.05, 4.69) is 9.97 Å². The topological polar surface area (TPSA) is 59.9 Å². The standard InChI is InChI=1S/C13H15ClN2O2S2/c1-9(2)13-16-11(6-19-13)8-20(17,18)7-10-4-3-5-12(14)15-10/h3-6,9H,7-8H2,1-2H3. The van der Waals surface area contributed by atoms with Crippen molar-refractivity contribution in [1.29, 1.82) is 0 Å². The van der Waals surface area contributed by atoms with Crippen molar-refractivity contribution in [3.05, 3.63) is 45.1 Å². The van der Waals surface area contributed by atoms with E-state index < -0.39 is 9.84 Å². The van der Waals surface area contributed by atoms with E-state index in [4.69, 9.17) is 11.6 Å². The molecule has 0 aromatic carbocycles. The number of halogens is 1. The summed E-state index contributed by atoms with van der Waals surface area (Å²) >= 11 is 7.25. The summed E-state index contributed by atoms with van der Waals surface area (Å²) in [5.41, 5.74) is 1.05. The maximum Gasteiger partial charge on any atom is 0.161 e. The SMILES string of the molecule is CC(C)c1nc(CS(=O)(=O)Cc2cccc(Cl)n2)cs1. The quantitative estimate of drug-likeness (QED) is 0.788. The number of sulfone groups is 1. The van der Waals surface area contributed by atoms with Crippen LogP contribution in [0.5, 0.6) is 0 Å². The maximum atomic E-state index is 12.1. The van der Waals surface area contributed by atoms with Gasteiger partial charge in [-0.2, -0.15) is 0 Å². The summed E-state index contributed by atoms with van der Waals surface area (Å²) in [6, 6.07) is 4.97. The second-order valence-electron chi connectivity index (χ2n) is 4.82. The molecule has 0 saturated carbocycles. The Kier molecular flexibility index (Phi) is 4.78. The highest BCUT2D eigenvalue weighted by atomic mass is 35.5. The van der Waals surface area contributed by atoms with Gasteiger partial charge in [-0.1, -0.05) is 31.5 Å². The molecular formula is C13H15ClN2O2S2. The van der Waals surface area contributed by atoms with Crippen molar-refractivity contribution in [1.82, 2.24) is 9.97 Å². The summed E-state index contributed by atoms with van der Waals surface area (Å²) in [5.74, 6) is 0.123. The fourth-order valence-electron chi connectivity index (χ4n) is 1.69. The average Bonchev–Trinajstić information content (AvgIpc) is 2.75. The number of aromatic nitrogens is 2. The zero-order valence-electron chi connectivity index (χ0n) is 11.2. The molecule has 0 bridgehead atoms. The minimum atomic E-state index is -3.29. The molecule has 0 saturated heterocycles.